The highest BCUT2D eigenvalue weighted by atomic mass is 35.5. The molecule has 1 amide bonds. The van der Waals surface area contributed by atoms with E-state index in [0.29, 0.717) is 23.2 Å². The SMILES string of the molecule is CCOc1ccccc1/C=C/C(=O)O[C@H](C)C(=O)Nc1ccc(Cl)cn1. The van der Waals surface area contributed by atoms with Crippen LogP contribution >= 0.6 is 11.6 Å². The Bertz CT molecular complexity index is 790. The van der Waals surface area contributed by atoms with Crippen molar-refractivity contribution in [3.63, 3.8) is 0 Å². The van der Waals surface area contributed by atoms with Gasteiger partial charge in [0, 0.05) is 17.8 Å². The molecular formula is C19H19ClN2O4. The molecule has 2 rings (SSSR count). The van der Waals surface area contributed by atoms with Crippen LogP contribution in [0.15, 0.2) is 48.7 Å². The molecule has 6 nitrogen and oxygen atoms in total. The molecular weight excluding hydrogens is 356 g/mol. The first-order valence-electron chi connectivity index (χ1n) is 8.02. The number of anilines is 1. The smallest absolute Gasteiger partial charge is 0.331 e. The zero-order valence-corrected chi connectivity index (χ0v) is 15.2. The van der Waals surface area contributed by atoms with Crippen molar-refractivity contribution < 1.29 is 19.1 Å². The van der Waals surface area contributed by atoms with Gasteiger partial charge in [0.1, 0.15) is 11.6 Å². The van der Waals surface area contributed by atoms with Crippen LogP contribution in [0.3, 0.4) is 0 Å². The Hall–Kier alpha value is -2.86. The third-order valence-electron chi connectivity index (χ3n) is 3.26. The average Bonchev–Trinajstić information content (AvgIpc) is 2.63. The average molecular weight is 375 g/mol. The van der Waals surface area contributed by atoms with Crippen molar-refractivity contribution in [3.05, 3.63) is 59.3 Å². The summed E-state index contributed by atoms with van der Waals surface area (Å²) in [4.78, 5) is 27.9. The molecule has 0 radical (unpaired) electrons. The van der Waals surface area contributed by atoms with Gasteiger partial charge in [-0.3, -0.25) is 4.79 Å². The number of hydrogen-bond donors (Lipinski definition) is 1. The minimum absolute atomic E-state index is 0.323. The van der Waals surface area contributed by atoms with E-state index < -0.39 is 18.0 Å². The second-order valence-electron chi connectivity index (χ2n) is 5.23. The van der Waals surface area contributed by atoms with E-state index in [1.54, 1.807) is 18.2 Å². The van der Waals surface area contributed by atoms with Crippen molar-refractivity contribution in [3.8, 4) is 5.75 Å². The first-order chi connectivity index (χ1) is 12.5. The number of nitrogens with zero attached hydrogens (tertiary/aromatic N) is 1. The fourth-order valence-electron chi connectivity index (χ4n) is 2.01. The molecule has 136 valence electrons. The van der Waals surface area contributed by atoms with E-state index >= 15 is 0 Å². The molecule has 1 atom stereocenters. The number of ether oxygens (including phenoxy) is 2. The van der Waals surface area contributed by atoms with Gasteiger partial charge >= 0.3 is 5.97 Å². The summed E-state index contributed by atoms with van der Waals surface area (Å²) in [5.41, 5.74) is 0.744. The molecule has 0 bridgehead atoms. The molecule has 1 aromatic carbocycles. The maximum Gasteiger partial charge on any atom is 0.331 e. The lowest BCUT2D eigenvalue weighted by Crippen LogP contribution is -2.29. The summed E-state index contributed by atoms with van der Waals surface area (Å²) in [6.45, 7) is 3.88. The number of esters is 1. The van der Waals surface area contributed by atoms with Crippen molar-refractivity contribution in [1.29, 1.82) is 0 Å². The molecule has 26 heavy (non-hydrogen) atoms. The Morgan fingerprint density at radius 3 is 2.73 bits per heavy atom. The number of pyridine rings is 1. The highest BCUT2D eigenvalue weighted by Crippen LogP contribution is 2.19. The normalized spacial score (nSPS) is 11.8. The zero-order valence-electron chi connectivity index (χ0n) is 14.4. The minimum Gasteiger partial charge on any atom is -0.493 e. The van der Waals surface area contributed by atoms with Gasteiger partial charge in [-0.15, -0.1) is 0 Å². The van der Waals surface area contributed by atoms with Crippen LogP contribution in [0, 0.1) is 0 Å². The van der Waals surface area contributed by atoms with Gasteiger partial charge in [-0.1, -0.05) is 29.8 Å². The lowest BCUT2D eigenvalue weighted by molar-refractivity contribution is -0.148. The van der Waals surface area contributed by atoms with Gasteiger partial charge in [0.2, 0.25) is 0 Å². The highest BCUT2D eigenvalue weighted by molar-refractivity contribution is 6.30. The van der Waals surface area contributed by atoms with E-state index in [0.717, 1.165) is 5.56 Å². The van der Waals surface area contributed by atoms with Crippen LogP contribution in [0.1, 0.15) is 19.4 Å². The number of nitrogens with one attached hydrogen (secondary N) is 1. The monoisotopic (exact) mass is 374 g/mol. The van der Waals surface area contributed by atoms with Gasteiger partial charge in [-0.2, -0.15) is 0 Å². The number of halogens is 1. The number of amides is 1. The van der Waals surface area contributed by atoms with Crippen molar-refractivity contribution in [1.82, 2.24) is 4.98 Å². The molecule has 1 N–H and O–H groups in total. The third-order valence-corrected chi connectivity index (χ3v) is 3.48. The van der Waals surface area contributed by atoms with E-state index in [2.05, 4.69) is 10.3 Å². The number of benzene rings is 1. The van der Waals surface area contributed by atoms with Crippen molar-refractivity contribution >= 4 is 35.4 Å². The Balaban J connectivity index is 1.92. The topological polar surface area (TPSA) is 77.5 Å². The van der Waals surface area contributed by atoms with Crippen molar-refractivity contribution in [2.75, 3.05) is 11.9 Å². The molecule has 0 saturated heterocycles. The first-order valence-corrected chi connectivity index (χ1v) is 8.40. The quantitative estimate of drug-likeness (QED) is 0.590. The predicted octanol–water partition coefficient (Wildman–Crippen LogP) is 3.72. The van der Waals surface area contributed by atoms with E-state index in [1.165, 1.54) is 19.2 Å². The standard InChI is InChI=1S/C19H19ClN2O4/c1-3-25-16-7-5-4-6-14(16)8-11-18(23)26-13(2)19(24)22-17-10-9-15(20)12-21-17/h4-13H,3H2,1-2H3,(H,21,22,24)/b11-8+/t13-/m1/s1. The molecule has 2 aromatic rings. The number of para-hydroxylation sites is 1. The molecule has 0 spiro atoms. The van der Waals surface area contributed by atoms with Crippen molar-refractivity contribution in [2.24, 2.45) is 0 Å². The third kappa shape index (κ3) is 5.89. The zero-order chi connectivity index (χ0) is 18.9. The van der Waals surface area contributed by atoms with E-state index in [-0.39, 0.29) is 0 Å². The van der Waals surface area contributed by atoms with Gasteiger partial charge in [-0.25, -0.2) is 9.78 Å². The summed E-state index contributed by atoms with van der Waals surface area (Å²) in [6, 6.07) is 10.5. The first kappa shape index (κ1) is 19.5. The molecule has 0 unspecified atom stereocenters. The lowest BCUT2D eigenvalue weighted by atomic mass is 10.2. The number of hydrogen-bond acceptors (Lipinski definition) is 5. The maximum absolute atomic E-state index is 12.0. The van der Waals surface area contributed by atoms with Gasteiger partial charge in [-0.05, 0) is 38.1 Å². The highest BCUT2D eigenvalue weighted by Gasteiger charge is 2.17. The molecule has 0 aliphatic rings. The lowest BCUT2D eigenvalue weighted by Gasteiger charge is -2.12. The molecule has 0 aliphatic heterocycles. The molecule has 1 heterocycles. The predicted molar refractivity (Wildman–Crippen MR) is 100 cm³/mol. The fourth-order valence-corrected chi connectivity index (χ4v) is 2.12. The van der Waals surface area contributed by atoms with Crippen molar-refractivity contribution in [2.45, 2.75) is 20.0 Å². The van der Waals surface area contributed by atoms with Crippen LogP contribution in [0.5, 0.6) is 5.75 Å². The van der Waals surface area contributed by atoms with Gasteiger partial charge in [0.05, 0.1) is 11.6 Å². The molecule has 0 saturated carbocycles. The summed E-state index contributed by atoms with van der Waals surface area (Å²) in [6.07, 6.45) is 3.26. The second kappa shape index (κ2) is 9.58. The summed E-state index contributed by atoms with van der Waals surface area (Å²) < 4.78 is 10.6. The van der Waals surface area contributed by atoms with Crippen LogP contribution < -0.4 is 10.1 Å². The minimum atomic E-state index is -0.980. The van der Waals surface area contributed by atoms with Gasteiger partial charge < -0.3 is 14.8 Å². The number of aromatic nitrogens is 1. The Labute approximate surface area is 156 Å². The number of carbonyl (C=O) groups is 2. The van der Waals surface area contributed by atoms with E-state index in [4.69, 9.17) is 21.1 Å². The van der Waals surface area contributed by atoms with Gasteiger partial charge in [0.15, 0.2) is 6.10 Å². The summed E-state index contributed by atoms with van der Waals surface area (Å²) in [5, 5.41) is 3.00. The largest absolute Gasteiger partial charge is 0.493 e. The molecule has 7 heteroatoms. The number of carbonyl (C=O) groups excluding carboxylic acids is 2. The van der Waals surface area contributed by atoms with E-state index in [9.17, 15) is 9.59 Å². The van der Waals surface area contributed by atoms with Crippen LogP contribution in [0.2, 0.25) is 5.02 Å². The fraction of sp³-hybridized carbons (Fsp3) is 0.211. The van der Waals surface area contributed by atoms with Crippen LogP contribution in [0.4, 0.5) is 5.82 Å². The second-order valence-corrected chi connectivity index (χ2v) is 5.67. The summed E-state index contributed by atoms with van der Waals surface area (Å²) >= 11 is 5.73. The van der Waals surface area contributed by atoms with Gasteiger partial charge in [0.25, 0.3) is 5.91 Å². The summed E-state index contributed by atoms with van der Waals surface area (Å²) in [5.74, 6) is -0.138. The van der Waals surface area contributed by atoms with Crippen LogP contribution in [0.25, 0.3) is 6.08 Å². The van der Waals surface area contributed by atoms with Crippen LogP contribution in [-0.2, 0) is 14.3 Å². The van der Waals surface area contributed by atoms with E-state index in [1.807, 2.05) is 31.2 Å². The Kier molecular flexibility index (Phi) is 7.17. The summed E-state index contributed by atoms with van der Waals surface area (Å²) in [7, 11) is 0. The Morgan fingerprint density at radius 1 is 1.27 bits per heavy atom. The molecule has 0 aliphatic carbocycles. The molecule has 0 fully saturated rings. The number of rotatable bonds is 7. The molecule has 1 aromatic heterocycles. The Morgan fingerprint density at radius 2 is 2.04 bits per heavy atom. The maximum atomic E-state index is 12.0. The van der Waals surface area contributed by atoms with Crippen LogP contribution in [-0.4, -0.2) is 29.6 Å².